The summed E-state index contributed by atoms with van der Waals surface area (Å²) in [7, 11) is 0. The second kappa shape index (κ2) is 4.97. The van der Waals surface area contributed by atoms with Crippen molar-refractivity contribution >= 4 is 11.4 Å². The van der Waals surface area contributed by atoms with Crippen molar-refractivity contribution in [3.05, 3.63) is 41.6 Å². The van der Waals surface area contributed by atoms with Crippen molar-refractivity contribution < 1.29 is 4.79 Å². The molecule has 0 aliphatic carbocycles. The van der Waals surface area contributed by atoms with E-state index >= 15 is 0 Å². The smallest absolute Gasteiger partial charge is 0.164 e. The maximum Gasteiger partial charge on any atom is 0.164 e. The van der Waals surface area contributed by atoms with E-state index in [0.29, 0.717) is 6.42 Å². The van der Waals surface area contributed by atoms with E-state index in [2.05, 4.69) is 5.32 Å². The van der Waals surface area contributed by atoms with Crippen LogP contribution in [-0.2, 0) is 4.79 Å². The maximum absolute atomic E-state index is 12.0. The number of carbonyl (C=O) groups excluding carboxylic acids is 1. The molecule has 0 radical (unpaired) electrons. The van der Waals surface area contributed by atoms with E-state index in [-0.39, 0.29) is 5.78 Å². The van der Waals surface area contributed by atoms with Crippen molar-refractivity contribution in [3.63, 3.8) is 0 Å². The zero-order chi connectivity index (χ0) is 11.4. The van der Waals surface area contributed by atoms with E-state index in [1.54, 1.807) is 0 Å². The molecule has 1 aliphatic heterocycles. The van der Waals surface area contributed by atoms with Crippen LogP contribution in [0.25, 0.3) is 5.57 Å². The zero-order valence-electron chi connectivity index (χ0n) is 9.62. The van der Waals surface area contributed by atoms with Crippen LogP contribution >= 0.6 is 0 Å². The van der Waals surface area contributed by atoms with Crippen LogP contribution in [0.15, 0.2) is 36.0 Å². The molecular formula is C14H17NO. The molecule has 0 saturated carbocycles. The van der Waals surface area contributed by atoms with Gasteiger partial charge in [-0.15, -0.1) is 0 Å². The monoisotopic (exact) mass is 215 g/mol. The molecule has 2 nitrogen and oxygen atoms in total. The lowest BCUT2D eigenvalue weighted by atomic mass is 9.97. The van der Waals surface area contributed by atoms with Crippen molar-refractivity contribution in [2.45, 2.75) is 26.2 Å². The summed E-state index contributed by atoms with van der Waals surface area (Å²) in [5.41, 5.74) is 3.05. The van der Waals surface area contributed by atoms with Crippen LogP contribution in [-0.4, -0.2) is 12.3 Å². The van der Waals surface area contributed by atoms with E-state index in [4.69, 9.17) is 0 Å². The normalized spacial score (nSPS) is 18.1. The van der Waals surface area contributed by atoms with Crippen LogP contribution < -0.4 is 5.32 Å². The summed E-state index contributed by atoms with van der Waals surface area (Å²) in [4.78, 5) is 12.0. The lowest BCUT2D eigenvalue weighted by Gasteiger charge is -2.10. The Morgan fingerprint density at radius 3 is 2.62 bits per heavy atom. The van der Waals surface area contributed by atoms with E-state index in [9.17, 15) is 4.79 Å². The first-order valence-electron chi connectivity index (χ1n) is 5.88. The lowest BCUT2D eigenvalue weighted by Crippen LogP contribution is -2.11. The van der Waals surface area contributed by atoms with Crippen LogP contribution in [0.1, 0.15) is 31.7 Å². The molecule has 16 heavy (non-hydrogen) atoms. The quantitative estimate of drug-likeness (QED) is 0.785. The number of benzene rings is 1. The molecule has 0 amide bonds. The van der Waals surface area contributed by atoms with Gasteiger partial charge in [-0.05, 0) is 18.4 Å². The number of Topliss-reactive ketones (excluding diaryl/α,β-unsaturated/α-hetero) is 1. The third-order valence-electron chi connectivity index (χ3n) is 2.91. The molecular weight excluding hydrogens is 198 g/mol. The highest BCUT2D eigenvalue weighted by molar-refractivity contribution is 6.21. The van der Waals surface area contributed by atoms with Gasteiger partial charge < -0.3 is 5.32 Å². The van der Waals surface area contributed by atoms with Crippen LogP contribution in [0.3, 0.4) is 0 Å². The van der Waals surface area contributed by atoms with E-state index in [1.165, 1.54) is 0 Å². The summed E-state index contributed by atoms with van der Waals surface area (Å²) >= 11 is 0. The molecule has 1 aromatic carbocycles. The van der Waals surface area contributed by atoms with Gasteiger partial charge in [-0.3, -0.25) is 4.79 Å². The van der Waals surface area contributed by atoms with Crippen molar-refractivity contribution in [3.8, 4) is 0 Å². The Hall–Kier alpha value is -1.57. The first-order chi connectivity index (χ1) is 7.83. The fourth-order valence-electron chi connectivity index (χ4n) is 2.09. The minimum Gasteiger partial charge on any atom is -0.388 e. The minimum absolute atomic E-state index is 0.232. The Balaban J connectivity index is 2.43. The minimum atomic E-state index is 0.232. The van der Waals surface area contributed by atoms with Gasteiger partial charge in [0.15, 0.2) is 5.78 Å². The van der Waals surface area contributed by atoms with Gasteiger partial charge in [-0.1, -0.05) is 37.3 Å². The number of allylic oxidation sites excluding steroid dienone is 2. The molecule has 2 heteroatoms. The van der Waals surface area contributed by atoms with Gasteiger partial charge in [0.05, 0.1) is 0 Å². The molecule has 84 valence electrons. The summed E-state index contributed by atoms with van der Waals surface area (Å²) in [6, 6.07) is 9.96. The molecule has 1 saturated heterocycles. The number of nitrogens with one attached hydrogen (secondary N) is 1. The van der Waals surface area contributed by atoms with Crippen molar-refractivity contribution in [1.29, 1.82) is 0 Å². The molecule has 1 aromatic rings. The topological polar surface area (TPSA) is 29.1 Å². The Morgan fingerprint density at radius 2 is 2.06 bits per heavy atom. The Labute approximate surface area is 96.4 Å². The van der Waals surface area contributed by atoms with Gasteiger partial charge in [0.2, 0.25) is 0 Å². The number of hydrogen-bond donors (Lipinski definition) is 1. The summed E-state index contributed by atoms with van der Waals surface area (Å²) < 4.78 is 0. The summed E-state index contributed by atoms with van der Waals surface area (Å²) in [5.74, 6) is 0.232. The largest absolute Gasteiger partial charge is 0.388 e. The summed E-state index contributed by atoms with van der Waals surface area (Å²) in [6.45, 7) is 2.91. The molecule has 1 aliphatic rings. The summed E-state index contributed by atoms with van der Waals surface area (Å²) in [6.07, 6.45) is 2.69. The zero-order valence-corrected chi connectivity index (χ0v) is 9.62. The Bertz CT molecular complexity index is 398. The third kappa shape index (κ3) is 2.16. The average molecular weight is 215 g/mol. The molecule has 0 atom stereocenters. The summed E-state index contributed by atoms with van der Waals surface area (Å²) in [5, 5.41) is 3.33. The molecule has 1 N–H and O–H groups in total. The number of carbonyl (C=O) groups is 1. The Kier molecular flexibility index (Phi) is 3.40. The first kappa shape index (κ1) is 10.9. The van der Waals surface area contributed by atoms with Gasteiger partial charge >= 0.3 is 0 Å². The highest BCUT2D eigenvalue weighted by Crippen LogP contribution is 2.24. The maximum atomic E-state index is 12.0. The van der Waals surface area contributed by atoms with Gasteiger partial charge in [0, 0.05) is 24.2 Å². The van der Waals surface area contributed by atoms with E-state index in [0.717, 1.165) is 36.2 Å². The second-order valence-electron chi connectivity index (χ2n) is 4.03. The van der Waals surface area contributed by atoms with Crippen molar-refractivity contribution in [1.82, 2.24) is 5.32 Å². The predicted molar refractivity (Wildman–Crippen MR) is 65.9 cm³/mol. The third-order valence-corrected chi connectivity index (χ3v) is 2.91. The lowest BCUT2D eigenvalue weighted by molar-refractivity contribution is -0.113. The molecule has 1 heterocycles. The standard InChI is InChI=1S/C14H17NO/c1-2-13(16)14(12-9-6-10-15-12)11-7-4-3-5-8-11/h3-5,7-8,15H,2,6,9-10H2,1H3/b14-12+. The van der Waals surface area contributed by atoms with Crippen LogP contribution in [0.5, 0.6) is 0 Å². The number of hydrogen-bond acceptors (Lipinski definition) is 2. The molecule has 0 aromatic heterocycles. The van der Waals surface area contributed by atoms with Crippen LogP contribution in [0.2, 0.25) is 0 Å². The van der Waals surface area contributed by atoms with Crippen molar-refractivity contribution in [2.75, 3.05) is 6.54 Å². The Morgan fingerprint density at radius 1 is 1.31 bits per heavy atom. The predicted octanol–water partition coefficient (Wildman–Crippen LogP) is 2.76. The number of ketones is 1. The first-order valence-corrected chi connectivity index (χ1v) is 5.88. The van der Waals surface area contributed by atoms with Gasteiger partial charge in [-0.25, -0.2) is 0 Å². The molecule has 1 fully saturated rings. The van der Waals surface area contributed by atoms with Gasteiger partial charge in [0.25, 0.3) is 0 Å². The fourth-order valence-corrected chi connectivity index (χ4v) is 2.09. The molecule has 0 unspecified atom stereocenters. The number of rotatable bonds is 3. The molecule has 2 rings (SSSR count). The second-order valence-corrected chi connectivity index (χ2v) is 4.03. The van der Waals surface area contributed by atoms with Crippen molar-refractivity contribution in [2.24, 2.45) is 0 Å². The molecule has 0 spiro atoms. The van der Waals surface area contributed by atoms with Gasteiger partial charge in [0.1, 0.15) is 0 Å². The highest BCUT2D eigenvalue weighted by Gasteiger charge is 2.18. The highest BCUT2D eigenvalue weighted by atomic mass is 16.1. The van der Waals surface area contributed by atoms with E-state index in [1.807, 2.05) is 37.3 Å². The average Bonchev–Trinajstić information content (AvgIpc) is 2.84. The molecule has 0 bridgehead atoms. The van der Waals surface area contributed by atoms with E-state index < -0.39 is 0 Å². The van der Waals surface area contributed by atoms with Gasteiger partial charge in [-0.2, -0.15) is 0 Å². The SMILES string of the molecule is CCC(=O)/C(=C1\CCCN1)c1ccccc1. The van der Waals surface area contributed by atoms with Crippen LogP contribution in [0.4, 0.5) is 0 Å². The van der Waals surface area contributed by atoms with Crippen LogP contribution in [0, 0.1) is 0 Å². The fraction of sp³-hybridized carbons (Fsp3) is 0.357.